The fraction of sp³-hybridized carbons (Fsp3) is 0.583. The van der Waals surface area contributed by atoms with Crippen molar-refractivity contribution in [3.05, 3.63) is 11.8 Å². The van der Waals surface area contributed by atoms with E-state index in [9.17, 15) is 9.59 Å². The van der Waals surface area contributed by atoms with Crippen molar-refractivity contribution in [2.24, 2.45) is 11.7 Å². The average Bonchev–Trinajstić information content (AvgIpc) is 2.81. The van der Waals surface area contributed by atoms with Crippen molar-refractivity contribution in [2.45, 2.75) is 13.8 Å². The molecule has 2 amide bonds. The predicted molar refractivity (Wildman–Crippen MR) is 78.4 cm³/mol. The highest BCUT2D eigenvalue weighted by Gasteiger charge is 2.08. The van der Waals surface area contributed by atoms with Gasteiger partial charge in [0.25, 0.3) is 0 Å². The molecule has 0 radical (unpaired) electrons. The van der Waals surface area contributed by atoms with Gasteiger partial charge in [-0.05, 0) is 19.4 Å². The van der Waals surface area contributed by atoms with Gasteiger partial charge in [0.2, 0.25) is 11.8 Å². The van der Waals surface area contributed by atoms with E-state index in [-0.39, 0.29) is 29.2 Å². The van der Waals surface area contributed by atoms with E-state index < -0.39 is 0 Å². The maximum absolute atomic E-state index is 11.6. The lowest BCUT2D eigenvalue weighted by Crippen LogP contribution is -2.32. The van der Waals surface area contributed by atoms with E-state index in [1.165, 1.54) is 11.8 Å². The first-order valence-electron chi connectivity index (χ1n) is 6.29. The Morgan fingerprint density at radius 3 is 2.75 bits per heavy atom. The molecule has 0 saturated heterocycles. The number of aromatic nitrogens is 1. The number of rotatable bonds is 8. The summed E-state index contributed by atoms with van der Waals surface area (Å²) in [6.45, 7) is 4.79. The van der Waals surface area contributed by atoms with E-state index in [0.717, 1.165) is 0 Å². The quantitative estimate of drug-likeness (QED) is 0.639. The molecule has 0 fully saturated rings. The molecular weight excluding hydrogens is 280 g/mol. The third-order valence-electron chi connectivity index (χ3n) is 2.41. The molecule has 0 bridgehead atoms. The van der Waals surface area contributed by atoms with Gasteiger partial charge >= 0.3 is 0 Å². The van der Waals surface area contributed by atoms with Crippen molar-refractivity contribution >= 4 is 29.4 Å². The first-order valence-corrected chi connectivity index (χ1v) is 7.44. The summed E-state index contributed by atoms with van der Waals surface area (Å²) >= 11 is 1.24. The van der Waals surface area contributed by atoms with E-state index in [0.29, 0.717) is 24.7 Å². The molecule has 0 aliphatic carbocycles. The summed E-state index contributed by atoms with van der Waals surface area (Å²) in [5, 5.41) is 8.99. The molecule has 1 rings (SSSR count). The van der Waals surface area contributed by atoms with E-state index in [4.69, 9.17) is 10.3 Å². The summed E-state index contributed by atoms with van der Waals surface area (Å²) < 4.78 is 4.83. The summed E-state index contributed by atoms with van der Waals surface area (Å²) in [6, 6.07) is 1.63. The third kappa shape index (κ3) is 6.58. The van der Waals surface area contributed by atoms with Crippen LogP contribution >= 0.6 is 11.8 Å². The number of thioether (sulfide) groups is 1. The summed E-state index contributed by atoms with van der Waals surface area (Å²) in [5.74, 6) is 1.37. The Kier molecular flexibility index (Phi) is 7.10. The van der Waals surface area contributed by atoms with Crippen LogP contribution in [0.5, 0.6) is 0 Å². The van der Waals surface area contributed by atoms with Gasteiger partial charge in [0.05, 0.1) is 11.5 Å². The van der Waals surface area contributed by atoms with Crippen LogP contribution in [0.1, 0.15) is 12.7 Å². The van der Waals surface area contributed by atoms with Crippen molar-refractivity contribution in [1.82, 2.24) is 10.5 Å². The second kappa shape index (κ2) is 8.60. The Bertz CT molecular complexity index is 450. The van der Waals surface area contributed by atoms with Crippen molar-refractivity contribution in [2.75, 3.05) is 29.9 Å². The van der Waals surface area contributed by atoms with E-state index in [2.05, 4.69) is 15.8 Å². The van der Waals surface area contributed by atoms with Gasteiger partial charge in [-0.1, -0.05) is 12.1 Å². The van der Waals surface area contributed by atoms with Crippen LogP contribution in [0.4, 0.5) is 5.82 Å². The van der Waals surface area contributed by atoms with Crippen LogP contribution in [0, 0.1) is 12.8 Å². The minimum absolute atomic E-state index is 0.0969. The Labute approximate surface area is 122 Å². The highest BCUT2D eigenvalue weighted by molar-refractivity contribution is 8.00. The van der Waals surface area contributed by atoms with Crippen LogP contribution in [0.25, 0.3) is 0 Å². The zero-order valence-corrected chi connectivity index (χ0v) is 12.5. The molecule has 0 aliphatic heterocycles. The van der Waals surface area contributed by atoms with E-state index >= 15 is 0 Å². The lowest BCUT2D eigenvalue weighted by Gasteiger charge is -2.09. The first kappa shape index (κ1) is 16.5. The molecule has 1 aromatic heterocycles. The molecule has 1 aromatic rings. The van der Waals surface area contributed by atoms with Crippen molar-refractivity contribution in [3.63, 3.8) is 0 Å². The number of hydrogen-bond donors (Lipinski definition) is 3. The van der Waals surface area contributed by atoms with Gasteiger partial charge < -0.3 is 20.9 Å². The lowest BCUT2D eigenvalue weighted by molar-refractivity contribution is -0.118. The van der Waals surface area contributed by atoms with Crippen LogP contribution in [-0.2, 0) is 9.59 Å². The van der Waals surface area contributed by atoms with Gasteiger partial charge in [0.15, 0.2) is 5.82 Å². The normalized spacial score (nSPS) is 11.9. The van der Waals surface area contributed by atoms with Gasteiger partial charge in [0.1, 0.15) is 5.76 Å². The topological polar surface area (TPSA) is 110 Å². The van der Waals surface area contributed by atoms with Crippen LogP contribution in [-0.4, -0.2) is 41.6 Å². The molecule has 20 heavy (non-hydrogen) atoms. The van der Waals surface area contributed by atoms with Crippen LogP contribution in [0.3, 0.4) is 0 Å². The second-order valence-corrected chi connectivity index (χ2v) is 5.49. The molecule has 1 heterocycles. The summed E-state index contributed by atoms with van der Waals surface area (Å²) in [5.41, 5.74) is 5.45. The second-order valence-electron chi connectivity index (χ2n) is 4.51. The smallest absolute Gasteiger partial charge is 0.235 e. The van der Waals surface area contributed by atoms with Gasteiger partial charge in [-0.3, -0.25) is 9.59 Å². The molecule has 112 valence electrons. The molecule has 1 unspecified atom stereocenters. The maximum Gasteiger partial charge on any atom is 0.235 e. The standard InChI is InChI=1S/C12H20N4O3S/c1-8(4-13)5-14-11(17)6-20-7-12(18)15-10-3-9(2)19-16-10/h3,8H,4-7,13H2,1-2H3,(H,14,17)(H,15,16,18). The van der Waals surface area contributed by atoms with Crippen molar-refractivity contribution in [1.29, 1.82) is 0 Å². The fourth-order valence-electron chi connectivity index (χ4n) is 1.26. The number of nitrogens with one attached hydrogen (secondary N) is 2. The van der Waals surface area contributed by atoms with Crippen molar-refractivity contribution < 1.29 is 14.1 Å². The summed E-state index contributed by atoms with van der Waals surface area (Å²) in [6.07, 6.45) is 0. The molecule has 0 aliphatic rings. The molecule has 0 aromatic carbocycles. The molecule has 4 N–H and O–H groups in total. The van der Waals surface area contributed by atoms with Crippen LogP contribution in [0.15, 0.2) is 10.6 Å². The molecule has 0 spiro atoms. The summed E-state index contributed by atoms with van der Waals surface area (Å²) in [4.78, 5) is 23.0. The van der Waals surface area contributed by atoms with Gasteiger partial charge in [-0.2, -0.15) is 0 Å². The number of nitrogens with two attached hydrogens (primary N) is 1. The SMILES string of the molecule is Cc1cc(NC(=O)CSCC(=O)NCC(C)CN)no1. The number of amides is 2. The zero-order chi connectivity index (χ0) is 15.0. The zero-order valence-electron chi connectivity index (χ0n) is 11.6. The number of nitrogens with zero attached hydrogens (tertiary/aromatic N) is 1. The van der Waals surface area contributed by atoms with Crippen molar-refractivity contribution in [3.8, 4) is 0 Å². The first-order chi connectivity index (χ1) is 9.51. The molecule has 0 saturated carbocycles. The Hall–Kier alpha value is -1.54. The number of anilines is 1. The van der Waals surface area contributed by atoms with E-state index in [1.54, 1.807) is 13.0 Å². The highest BCUT2D eigenvalue weighted by Crippen LogP contribution is 2.08. The van der Waals surface area contributed by atoms with Crippen LogP contribution < -0.4 is 16.4 Å². The number of hydrogen-bond acceptors (Lipinski definition) is 6. The van der Waals surface area contributed by atoms with Gasteiger partial charge in [-0.25, -0.2) is 0 Å². The number of carbonyl (C=O) groups is 2. The maximum atomic E-state index is 11.6. The van der Waals surface area contributed by atoms with Gasteiger partial charge in [0, 0.05) is 12.6 Å². The molecular formula is C12H20N4O3S. The monoisotopic (exact) mass is 300 g/mol. The third-order valence-corrected chi connectivity index (χ3v) is 3.34. The van der Waals surface area contributed by atoms with Crippen LogP contribution in [0.2, 0.25) is 0 Å². The minimum atomic E-state index is -0.216. The Morgan fingerprint density at radius 1 is 1.45 bits per heavy atom. The highest BCUT2D eigenvalue weighted by atomic mass is 32.2. The summed E-state index contributed by atoms with van der Waals surface area (Å²) in [7, 11) is 0. The van der Waals surface area contributed by atoms with E-state index in [1.807, 2.05) is 6.92 Å². The average molecular weight is 300 g/mol. The molecule has 1 atom stereocenters. The Balaban J connectivity index is 2.14. The number of aryl methyl sites for hydroxylation is 1. The predicted octanol–water partition coefficient (Wildman–Crippen LogP) is 0.366. The minimum Gasteiger partial charge on any atom is -0.360 e. The largest absolute Gasteiger partial charge is 0.360 e. The molecule has 7 nitrogen and oxygen atoms in total. The number of carbonyl (C=O) groups excluding carboxylic acids is 2. The Morgan fingerprint density at radius 2 is 2.15 bits per heavy atom. The lowest BCUT2D eigenvalue weighted by atomic mass is 10.2. The fourth-order valence-corrected chi connectivity index (χ4v) is 1.91. The van der Waals surface area contributed by atoms with Gasteiger partial charge in [-0.15, -0.1) is 11.8 Å². The molecule has 8 heteroatoms.